The highest BCUT2D eigenvalue weighted by Crippen LogP contribution is 2.18. The quantitative estimate of drug-likeness (QED) is 0.820. The number of anilines is 2. The Kier molecular flexibility index (Phi) is 5.22. The normalized spacial score (nSPS) is 10.7. The highest BCUT2D eigenvalue weighted by atomic mass is 16.3. The van der Waals surface area contributed by atoms with Crippen LogP contribution < -0.4 is 10.2 Å². The van der Waals surface area contributed by atoms with E-state index < -0.39 is 0 Å². The maximum Gasteiger partial charge on any atom is 0.0606 e. The van der Waals surface area contributed by atoms with Crippen molar-refractivity contribution < 1.29 is 5.11 Å². The largest absolute Gasteiger partial charge is 0.395 e. The third kappa shape index (κ3) is 3.76. The molecule has 5 nitrogen and oxygen atoms in total. The summed E-state index contributed by atoms with van der Waals surface area (Å²) < 4.78 is 1.88. The molecular weight excluding hydrogens is 264 g/mol. The lowest BCUT2D eigenvalue weighted by Gasteiger charge is -2.22. The van der Waals surface area contributed by atoms with Crippen molar-refractivity contribution in [2.75, 3.05) is 29.9 Å². The number of aliphatic hydroxyl groups is 1. The number of likely N-dealkylation sites (N-methyl/N-ethyl adjacent to an activating group) is 1. The minimum atomic E-state index is 0.175. The average Bonchev–Trinajstić information content (AvgIpc) is 2.83. The molecule has 0 aliphatic carbocycles. The first-order chi connectivity index (χ1) is 10.2. The lowest BCUT2D eigenvalue weighted by Crippen LogP contribution is -2.25. The lowest BCUT2D eigenvalue weighted by molar-refractivity contribution is 0.302. The number of aromatic nitrogens is 2. The van der Waals surface area contributed by atoms with Gasteiger partial charge in [0.2, 0.25) is 0 Å². The summed E-state index contributed by atoms with van der Waals surface area (Å²) in [6.45, 7) is 6.66. The van der Waals surface area contributed by atoms with Gasteiger partial charge in [-0.05, 0) is 38.1 Å². The van der Waals surface area contributed by atoms with E-state index in [0.717, 1.165) is 24.5 Å². The number of aliphatic hydroxyl groups excluding tert-OH is 1. The topological polar surface area (TPSA) is 53.3 Å². The molecule has 0 aliphatic rings. The summed E-state index contributed by atoms with van der Waals surface area (Å²) in [6.07, 6.45) is 1.90. The summed E-state index contributed by atoms with van der Waals surface area (Å²) in [6, 6.07) is 8.30. The number of nitrogens with zero attached hydrogens (tertiary/aromatic N) is 3. The van der Waals surface area contributed by atoms with Crippen LogP contribution in [0.2, 0.25) is 0 Å². The molecule has 2 aromatic rings. The van der Waals surface area contributed by atoms with Gasteiger partial charge in [0, 0.05) is 49.3 Å². The van der Waals surface area contributed by atoms with E-state index in [1.807, 2.05) is 17.9 Å². The molecule has 0 radical (unpaired) electrons. The van der Waals surface area contributed by atoms with Crippen LogP contribution in [0, 0.1) is 6.92 Å². The molecule has 1 heterocycles. The Bertz CT molecular complexity index is 562. The van der Waals surface area contributed by atoms with Crippen molar-refractivity contribution in [3.63, 3.8) is 0 Å². The summed E-state index contributed by atoms with van der Waals surface area (Å²) in [5, 5.41) is 16.7. The predicted octanol–water partition coefficient (Wildman–Crippen LogP) is 2.16. The van der Waals surface area contributed by atoms with Crippen LogP contribution >= 0.6 is 0 Å². The Morgan fingerprint density at radius 1 is 1.29 bits per heavy atom. The molecular formula is C16H24N4O. The van der Waals surface area contributed by atoms with Crippen molar-refractivity contribution >= 4 is 11.4 Å². The zero-order valence-electron chi connectivity index (χ0n) is 13.0. The van der Waals surface area contributed by atoms with Crippen LogP contribution in [0.15, 0.2) is 30.5 Å². The fraction of sp³-hybridized carbons (Fsp3) is 0.438. The first-order valence-electron chi connectivity index (χ1n) is 7.33. The molecule has 114 valence electrons. The third-order valence-corrected chi connectivity index (χ3v) is 3.80. The summed E-state index contributed by atoms with van der Waals surface area (Å²) in [4.78, 5) is 2.15. The second-order valence-electron chi connectivity index (χ2n) is 5.08. The van der Waals surface area contributed by atoms with Gasteiger partial charge in [-0.1, -0.05) is 0 Å². The molecule has 0 unspecified atom stereocenters. The summed E-state index contributed by atoms with van der Waals surface area (Å²) in [5.41, 5.74) is 4.60. The molecule has 2 N–H and O–H groups in total. The second-order valence-corrected chi connectivity index (χ2v) is 5.08. The number of nitrogens with one attached hydrogen (secondary N) is 1. The van der Waals surface area contributed by atoms with E-state index in [4.69, 9.17) is 5.11 Å². The molecule has 1 aromatic carbocycles. The lowest BCUT2D eigenvalue weighted by atomic mass is 10.2. The van der Waals surface area contributed by atoms with Crippen LogP contribution in [-0.4, -0.2) is 34.6 Å². The first-order valence-corrected chi connectivity index (χ1v) is 7.33. The van der Waals surface area contributed by atoms with E-state index in [-0.39, 0.29) is 6.61 Å². The van der Waals surface area contributed by atoms with Crippen molar-refractivity contribution in [1.29, 1.82) is 0 Å². The van der Waals surface area contributed by atoms with Crippen molar-refractivity contribution in [2.45, 2.75) is 20.4 Å². The van der Waals surface area contributed by atoms with Gasteiger partial charge in [-0.25, -0.2) is 0 Å². The van der Waals surface area contributed by atoms with E-state index in [1.165, 1.54) is 11.3 Å². The van der Waals surface area contributed by atoms with Crippen LogP contribution in [0.4, 0.5) is 11.4 Å². The molecule has 21 heavy (non-hydrogen) atoms. The van der Waals surface area contributed by atoms with Gasteiger partial charge in [0.15, 0.2) is 0 Å². The van der Waals surface area contributed by atoms with E-state index >= 15 is 0 Å². The summed E-state index contributed by atoms with van der Waals surface area (Å²) >= 11 is 0. The van der Waals surface area contributed by atoms with Crippen molar-refractivity contribution in [1.82, 2.24) is 9.78 Å². The van der Waals surface area contributed by atoms with Gasteiger partial charge >= 0.3 is 0 Å². The highest BCUT2D eigenvalue weighted by Gasteiger charge is 2.05. The predicted molar refractivity (Wildman–Crippen MR) is 86.7 cm³/mol. The standard InChI is InChI=1S/C16H24N4O/c1-4-20(9-10-21)16-7-5-15(6-8-16)17-11-14-12-18-19(3)13(14)2/h5-8,12,17,21H,4,9-11H2,1-3H3. The molecule has 0 spiro atoms. The maximum absolute atomic E-state index is 9.06. The van der Waals surface area contributed by atoms with Gasteiger partial charge in [-0.15, -0.1) is 0 Å². The van der Waals surface area contributed by atoms with Gasteiger partial charge in [0.1, 0.15) is 0 Å². The Hall–Kier alpha value is -2.01. The molecule has 0 atom stereocenters. The molecule has 0 bridgehead atoms. The van der Waals surface area contributed by atoms with E-state index in [1.54, 1.807) is 0 Å². The van der Waals surface area contributed by atoms with Gasteiger partial charge in [-0.2, -0.15) is 5.10 Å². The zero-order chi connectivity index (χ0) is 15.2. The van der Waals surface area contributed by atoms with Gasteiger partial charge < -0.3 is 15.3 Å². The SMILES string of the molecule is CCN(CCO)c1ccc(NCc2cnn(C)c2C)cc1. The number of rotatable bonds is 7. The number of hydrogen-bond donors (Lipinski definition) is 2. The number of hydrogen-bond acceptors (Lipinski definition) is 4. The Labute approximate surface area is 126 Å². The molecule has 0 aliphatic heterocycles. The van der Waals surface area contributed by atoms with Crippen LogP contribution in [0.3, 0.4) is 0 Å². The van der Waals surface area contributed by atoms with Gasteiger partial charge in [-0.3, -0.25) is 4.68 Å². The summed E-state index contributed by atoms with van der Waals surface area (Å²) in [5.74, 6) is 0. The first kappa shape index (κ1) is 15.4. The zero-order valence-corrected chi connectivity index (χ0v) is 13.0. The second kappa shape index (κ2) is 7.13. The molecule has 0 saturated heterocycles. The average molecular weight is 288 g/mol. The van der Waals surface area contributed by atoms with Crippen LogP contribution in [-0.2, 0) is 13.6 Å². The fourth-order valence-electron chi connectivity index (χ4n) is 2.30. The minimum absolute atomic E-state index is 0.175. The molecule has 5 heteroatoms. The van der Waals surface area contributed by atoms with E-state index in [2.05, 4.69) is 53.4 Å². The van der Waals surface area contributed by atoms with Crippen molar-refractivity contribution in [2.24, 2.45) is 7.05 Å². The summed E-state index contributed by atoms with van der Waals surface area (Å²) in [7, 11) is 1.95. The minimum Gasteiger partial charge on any atom is -0.395 e. The highest BCUT2D eigenvalue weighted by molar-refractivity contribution is 5.55. The van der Waals surface area contributed by atoms with Gasteiger partial charge in [0.05, 0.1) is 12.8 Å². The van der Waals surface area contributed by atoms with Crippen molar-refractivity contribution in [3.05, 3.63) is 41.7 Å². The fourth-order valence-corrected chi connectivity index (χ4v) is 2.30. The Morgan fingerprint density at radius 2 is 2.00 bits per heavy atom. The Morgan fingerprint density at radius 3 is 2.52 bits per heavy atom. The molecule has 0 amide bonds. The smallest absolute Gasteiger partial charge is 0.0606 e. The van der Waals surface area contributed by atoms with Crippen LogP contribution in [0.25, 0.3) is 0 Å². The van der Waals surface area contributed by atoms with E-state index in [0.29, 0.717) is 6.54 Å². The van der Waals surface area contributed by atoms with E-state index in [9.17, 15) is 0 Å². The molecule has 1 aromatic heterocycles. The number of aryl methyl sites for hydroxylation is 1. The third-order valence-electron chi connectivity index (χ3n) is 3.80. The monoisotopic (exact) mass is 288 g/mol. The molecule has 0 saturated carbocycles. The van der Waals surface area contributed by atoms with Crippen molar-refractivity contribution in [3.8, 4) is 0 Å². The Balaban J connectivity index is 1.97. The van der Waals surface area contributed by atoms with Crippen LogP contribution in [0.5, 0.6) is 0 Å². The maximum atomic E-state index is 9.06. The number of benzene rings is 1. The molecule has 2 rings (SSSR count). The van der Waals surface area contributed by atoms with Crippen LogP contribution in [0.1, 0.15) is 18.2 Å². The molecule has 0 fully saturated rings. The van der Waals surface area contributed by atoms with Gasteiger partial charge in [0.25, 0.3) is 0 Å².